The van der Waals surface area contributed by atoms with Crippen molar-refractivity contribution in [3.8, 4) is 5.75 Å². The summed E-state index contributed by atoms with van der Waals surface area (Å²) in [5.41, 5.74) is 5.75. The molecule has 0 amide bonds. The van der Waals surface area contributed by atoms with Crippen LogP contribution in [0.1, 0.15) is 5.69 Å². The third-order valence-electron chi connectivity index (χ3n) is 2.73. The Hall–Kier alpha value is -2.19. The number of pyridine rings is 1. The second-order valence-electron chi connectivity index (χ2n) is 4.14. The Balaban J connectivity index is 2.32. The van der Waals surface area contributed by atoms with E-state index in [9.17, 15) is 12.8 Å². The molecule has 0 bridgehead atoms. The predicted molar refractivity (Wildman–Crippen MR) is 75.9 cm³/mol. The van der Waals surface area contributed by atoms with Crippen LogP contribution in [0.2, 0.25) is 0 Å². The summed E-state index contributed by atoms with van der Waals surface area (Å²) in [6.07, 6.45) is 1.17. The van der Waals surface area contributed by atoms with Crippen molar-refractivity contribution < 1.29 is 17.5 Å². The number of ether oxygens (including phenoxy) is 1. The number of hydrogen-bond acceptors (Lipinski definition) is 5. The predicted octanol–water partition coefficient (Wildman–Crippen LogP) is 1.49. The molecule has 0 saturated heterocycles. The first-order chi connectivity index (χ1) is 9.96. The largest absolute Gasteiger partial charge is 0.497 e. The molecule has 0 fully saturated rings. The second-order valence-corrected chi connectivity index (χ2v) is 5.82. The molecule has 0 saturated carbocycles. The molecule has 8 heteroatoms. The van der Waals surface area contributed by atoms with Crippen molar-refractivity contribution in [2.45, 2.75) is 11.4 Å². The Morgan fingerprint density at radius 1 is 1.33 bits per heavy atom. The van der Waals surface area contributed by atoms with E-state index < -0.39 is 15.8 Å². The quantitative estimate of drug-likeness (QED) is 0.872. The minimum Gasteiger partial charge on any atom is -0.497 e. The number of hydrogen-bond donors (Lipinski definition) is 2. The lowest BCUT2D eigenvalue weighted by atomic mass is 10.3. The number of methoxy groups -OCH3 is 1. The van der Waals surface area contributed by atoms with Gasteiger partial charge in [-0.15, -0.1) is 0 Å². The van der Waals surface area contributed by atoms with Gasteiger partial charge in [-0.2, -0.15) is 0 Å². The van der Waals surface area contributed by atoms with E-state index in [1.807, 2.05) is 0 Å². The number of nitrogens with zero attached hydrogens (tertiary/aromatic N) is 1. The lowest BCUT2D eigenvalue weighted by Crippen LogP contribution is -2.14. The maximum Gasteiger partial charge on any atom is 0.263 e. The van der Waals surface area contributed by atoms with Crippen molar-refractivity contribution >= 4 is 15.7 Å². The Morgan fingerprint density at radius 2 is 2.10 bits per heavy atom. The van der Waals surface area contributed by atoms with Gasteiger partial charge in [0.05, 0.1) is 18.5 Å². The maximum atomic E-state index is 13.7. The monoisotopic (exact) mass is 311 g/mol. The molecule has 0 atom stereocenters. The summed E-state index contributed by atoms with van der Waals surface area (Å²) in [5, 5.41) is 0. The van der Waals surface area contributed by atoms with Gasteiger partial charge < -0.3 is 10.5 Å². The normalized spacial score (nSPS) is 11.2. The van der Waals surface area contributed by atoms with E-state index in [4.69, 9.17) is 10.5 Å². The topological polar surface area (TPSA) is 94.3 Å². The highest BCUT2D eigenvalue weighted by atomic mass is 32.2. The maximum absolute atomic E-state index is 13.7. The second kappa shape index (κ2) is 6.06. The molecule has 21 heavy (non-hydrogen) atoms. The van der Waals surface area contributed by atoms with E-state index in [2.05, 4.69) is 9.71 Å². The Morgan fingerprint density at radius 3 is 2.67 bits per heavy atom. The van der Waals surface area contributed by atoms with Crippen LogP contribution in [0.4, 0.5) is 10.1 Å². The standard InChI is InChI=1S/C13H14FN3O3S/c1-20-10-3-5-12(14)13(6-10)17-21(18,19)11-4-2-9(7-15)16-8-11/h2-6,8,17H,7,15H2,1H3. The number of aromatic nitrogens is 1. The first-order valence-corrected chi connectivity index (χ1v) is 7.46. The van der Waals surface area contributed by atoms with Gasteiger partial charge in [-0.3, -0.25) is 9.71 Å². The molecule has 0 spiro atoms. The molecule has 2 aromatic rings. The molecule has 2 rings (SSSR count). The summed E-state index contributed by atoms with van der Waals surface area (Å²) >= 11 is 0. The van der Waals surface area contributed by atoms with E-state index in [-0.39, 0.29) is 17.1 Å². The number of benzene rings is 1. The molecule has 0 unspecified atom stereocenters. The summed E-state index contributed by atoms with van der Waals surface area (Å²) in [6.45, 7) is 0.207. The van der Waals surface area contributed by atoms with E-state index >= 15 is 0 Å². The van der Waals surface area contributed by atoms with Crippen LogP contribution in [0.25, 0.3) is 0 Å². The number of halogens is 1. The smallest absolute Gasteiger partial charge is 0.263 e. The highest BCUT2D eigenvalue weighted by Crippen LogP contribution is 2.23. The summed E-state index contributed by atoms with van der Waals surface area (Å²) in [4.78, 5) is 3.82. The van der Waals surface area contributed by atoms with Crippen molar-refractivity contribution in [1.82, 2.24) is 4.98 Å². The van der Waals surface area contributed by atoms with Crippen molar-refractivity contribution in [2.24, 2.45) is 5.73 Å². The van der Waals surface area contributed by atoms with Crippen molar-refractivity contribution in [1.29, 1.82) is 0 Å². The third-order valence-corrected chi connectivity index (χ3v) is 4.09. The number of sulfonamides is 1. The van der Waals surface area contributed by atoms with Crippen LogP contribution in [0.15, 0.2) is 41.4 Å². The average Bonchev–Trinajstić information content (AvgIpc) is 2.49. The molecule has 0 aliphatic rings. The van der Waals surface area contributed by atoms with Gasteiger partial charge in [0.2, 0.25) is 0 Å². The van der Waals surface area contributed by atoms with Crippen molar-refractivity contribution in [3.05, 3.63) is 48.0 Å². The lowest BCUT2D eigenvalue weighted by Gasteiger charge is -2.10. The molecule has 3 N–H and O–H groups in total. The van der Waals surface area contributed by atoms with Gasteiger partial charge in [0.1, 0.15) is 16.5 Å². The van der Waals surface area contributed by atoms with Crippen LogP contribution in [0, 0.1) is 5.82 Å². The molecule has 112 valence electrons. The van der Waals surface area contributed by atoms with Crippen LogP contribution < -0.4 is 15.2 Å². The number of nitrogens with two attached hydrogens (primary N) is 1. The highest BCUT2D eigenvalue weighted by molar-refractivity contribution is 7.92. The van der Waals surface area contributed by atoms with Gasteiger partial charge in [0.25, 0.3) is 10.0 Å². The zero-order valence-corrected chi connectivity index (χ0v) is 12.0. The van der Waals surface area contributed by atoms with Gasteiger partial charge in [-0.05, 0) is 24.3 Å². The highest BCUT2D eigenvalue weighted by Gasteiger charge is 2.17. The fourth-order valence-electron chi connectivity index (χ4n) is 1.60. The molecule has 0 aliphatic heterocycles. The van der Waals surface area contributed by atoms with Crippen LogP contribution in [-0.4, -0.2) is 20.5 Å². The van der Waals surface area contributed by atoms with Gasteiger partial charge in [0.15, 0.2) is 0 Å². The first kappa shape index (κ1) is 15.2. The SMILES string of the molecule is COc1ccc(F)c(NS(=O)(=O)c2ccc(CN)nc2)c1. The number of anilines is 1. The van der Waals surface area contributed by atoms with E-state index in [0.717, 1.165) is 6.07 Å². The minimum atomic E-state index is -3.93. The third kappa shape index (κ3) is 3.47. The van der Waals surface area contributed by atoms with Gasteiger partial charge >= 0.3 is 0 Å². The lowest BCUT2D eigenvalue weighted by molar-refractivity contribution is 0.414. The van der Waals surface area contributed by atoms with Crippen LogP contribution in [-0.2, 0) is 16.6 Å². The number of nitrogens with one attached hydrogen (secondary N) is 1. The molecular weight excluding hydrogens is 297 g/mol. The van der Waals surface area contributed by atoms with Crippen molar-refractivity contribution in [3.63, 3.8) is 0 Å². The molecule has 1 aromatic heterocycles. The molecule has 6 nitrogen and oxygen atoms in total. The first-order valence-electron chi connectivity index (χ1n) is 5.97. The Kier molecular flexibility index (Phi) is 4.39. The zero-order valence-electron chi connectivity index (χ0n) is 11.2. The van der Waals surface area contributed by atoms with Crippen LogP contribution >= 0.6 is 0 Å². The summed E-state index contributed by atoms with van der Waals surface area (Å²) in [7, 11) is -2.53. The Labute approximate surface area is 121 Å². The zero-order chi connectivity index (χ0) is 15.5. The van der Waals surface area contributed by atoms with Crippen LogP contribution in [0.3, 0.4) is 0 Å². The fourth-order valence-corrected chi connectivity index (χ4v) is 2.61. The molecule has 0 aliphatic carbocycles. The van der Waals surface area contributed by atoms with Gasteiger partial charge in [0, 0.05) is 18.8 Å². The van der Waals surface area contributed by atoms with Gasteiger partial charge in [-0.25, -0.2) is 12.8 Å². The average molecular weight is 311 g/mol. The molecular formula is C13H14FN3O3S. The van der Waals surface area contributed by atoms with Crippen LogP contribution in [0.5, 0.6) is 5.75 Å². The summed E-state index contributed by atoms with van der Waals surface area (Å²) in [6, 6.07) is 6.62. The summed E-state index contributed by atoms with van der Waals surface area (Å²) < 4.78 is 45.1. The van der Waals surface area contributed by atoms with E-state index in [0.29, 0.717) is 11.4 Å². The molecule has 0 radical (unpaired) electrons. The molecule has 1 heterocycles. The van der Waals surface area contributed by atoms with Crippen molar-refractivity contribution in [2.75, 3.05) is 11.8 Å². The van der Waals surface area contributed by atoms with E-state index in [1.54, 1.807) is 0 Å². The number of rotatable bonds is 5. The fraction of sp³-hybridized carbons (Fsp3) is 0.154. The summed E-state index contributed by atoms with van der Waals surface area (Å²) in [5.74, 6) is -0.364. The molecule has 1 aromatic carbocycles. The van der Waals surface area contributed by atoms with Gasteiger partial charge in [-0.1, -0.05) is 0 Å². The van der Waals surface area contributed by atoms with E-state index in [1.165, 1.54) is 37.6 Å². The minimum absolute atomic E-state index is 0.0816. The Bertz CT molecular complexity index is 733.